The quantitative estimate of drug-likeness (QED) is 0.813. The van der Waals surface area contributed by atoms with Gasteiger partial charge in [0.25, 0.3) is 0 Å². The Hall–Kier alpha value is -0.850. The average molecular weight is 273 g/mol. The van der Waals surface area contributed by atoms with Gasteiger partial charge in [0.05, 0.1) is 0 Å². The van der Waals surface area contributed by atoms with Gasteiger partial charge in [-0.05, 0) is 19.5 Å². The fourth-order valence-electron chi connectivity index (χ4n) is 1.71. The van der Waals surface area contributed by atoms with Gasteiger partial charge in [0, 0.05) is 38.6 Å². The lowest BCUT2D eigenvalue weighted by Crippen LogP contribution is -2.26. The van der Waals surface area contributed by atoms with Gasteiger partial charge in [-0.1, -0.05) is 13.8 Å². The molecule has 0 atom stereocenters. The summed E-state index contributed by atoms with van der Waals surface area (Å²) in [6.07, 6.45) is 1.72. The molecule has 104 valence electrons. The van der Waals surface area contributed by atoms with Crippen molar-refractivity contribution in [3.8, 4) is 0 Å². The van der Waals surface area contributed by atoms with Crippen molar-refractivity contribution in [2.45, 2.75) is 38.8 Å². The lowest BCUT2D eigenvalue weighted by atomic mass is 10.4. The van der Waals surface area contributed by atoms with E-state index in [9.17, 15) is 8.42 Å². The molecule has 0 aromatic carbocycles. The van der Waals surface area contributed by atoms with Gasteiger partial charge in [-0.15, -0.1) is 0 Å². The molecule has 1 N–H and O–H groups in total. The first-order valence-electron chi connectivity index (χ1n) is 6.33. The van der Waals surface area contributed by atoms with Crippen molar-refractivity contribution in [3.63, 3.8) is 0 Å². The molecule has 5 nitrogen and oxygen atoms in total. The highest BCUT2D eigenvalue weighted by atomic mass is 32.2. The Labute approximate surface area is 110 Å². The molecule has 18 heavy (non-hydrogen) atoms. The smallest absolute Gasteiger partial charge is 0.244 e. The highest BCUT2D eigenvalue weighted by molar-refractivity contribution is 7.89. The number of nitrogens with one attached hydrogen (secondary N) is 1. The van der Waals surface area contributed by atoms with Gasteiger partial charge in [-0.25, -0.2) is 12.7 Å². The van der Waals surface area contributed by atoms with Crippen LogP contribution in [0.25, 0.3) is 0 Å². The van der Waals surface area contributed by atoms with Crippen molar-refractivity contribution in [1.82, 2.24) is 14.2 Å². The van der Waals surface area contributed by atoms with E-state index in [0.717, 1.165) is 18.8 Å². The summed E-state index contributed by atoms with van der Waals surface area (Å²) in [5.41, 5.74) is 1.00. The van der Waals surface area contributed by atoms with Crippen LogP contribution in [-0.4, -0.2) is 37.4 Å². The van der Waals surface area contributed by atoms with Gasteiger partial charge >= 0.3 is 0 Å². The molecule has 0 aliphatic carbocycles. The molecular weight excluding hydrogens is 250 g/mol. The maximum atomic E-state index is 12.2. The molecule has 6 heteroatoms. The molecule has 0 fully saturated rings. The number of hydrogen-bond donors (Lipinski definition) is 1. The minimum atomic E-state index is -3.34. The number of nitrogens with zero attached hydrogens (tertiary/aromatic N) is 2. The number of hydrogen-bond acceptors (Lipinski definition) is 3. The number of aromatic nitrogens is 1. The molecule has 0 amide bonds. The second kappa shape index (κ2) is 6.36. The first kappa shape index (κ1) is 15.2. The van der Waals surface area contributed by atoms with E-state index in [-0.39, 0.29) is 0 Å². The molecule has 1 aromatic rings. The molecule has 0 saturated heterocycles. The second-order valence-electron chi connectivity index (χ2n) is 4.15. The molecule has 0 aliphatic rings. The third-order valence-electron chi connectivity index (χ3n) is 3.01. The SMILES string of the molecule is CCNCc1cc(S(=O)(=O)N(C)CC)cn1CC. The van der Waals surface area contributed by atoms with Gasteiger partial charge < -0.3 is 9.88 Å². The maximum Gasteiger partial charge on any atom is 0.244 e. The summed E-state index contributed by atoms with van der Waals surface area (Å²) in [6.45, 7) is 8.67. The van der Waals surface area contributed by atoms with Gasteiger partial charge in [0.1, 0.15) is 4.90 Å². The van der Waals surface area contributed by atoms with E-state index in [1.54, 1.807) is 19.3 Å². The van der Waals surface area contributed by atoms with Crippen LogP contribution in [0.5, 0.6) is 0 Å². The predicted octanol–water partition coefficient (Wildman–Crippen LogP) is 1.26. The summed E-state index contributed by atoms with van der Waals surface area (Å²) < 4.78 is 27.8. The minimum Gasteiger partial charge on any atom is -0.349 e. The summed E-state index contributed by atoms with van der Waals surface area (Å²) in [5.74, 6) is 0. The fourth-order valence-corrected chi connectivity index (χ4v) is 2.96. The average Bonchev–Trinajstić information content (AvgIpc) is 2.78. The third kappa shape index (κ3) is 3.13. The van der Waals surface area contributed by atoms with Crippen molar-refractivity contribution in [2.75, 3.05) is 20.1 Å². The van der Waals surface area contributed by atoms with E-state index < -0.39 is 10.0 Å². The highest BCUT2D eigenvalue weighted by Gasteiger charge is 2.21. The van der Waals surface area contributed by atoms with E-state index in [2.05, 4.69) is 5.32 Å². The number of aryl methyl sites for hydroxylation is 1. The monoisotopic (exact) mass is 273 g/mol. The van der Waals surface area contributed by atoms with E-state index in [1.165, 1.54) is 4.31 Å². The van der Waals surface area contributed by atoms with E-state index >= 15 is 0 Å². The van der Waals surface area contributed by atoms with E-state index in [1.807, 2.05) is 25.3 Å². The first-order valence-corrected chi connectivity index (χ1v) is 7.77. The van der Waals surface area contributed by atoms with Crippen LogP contribution in [0.1, 0.15) is 26.5 Å². The Bertz CT molecular complexity index is 480. The van der Waals surface area contributed by atoms with Crippen LogP contribution in [-0.2, 0) is 23.1 Å². The molecule has 0 unspecified atom stereocenters. The molecule has 1 rings (SSSR count). The van der Waals surface area contributed by atoms with Crippen molar-refractivity contribution >= 4 is 10.0 Å². The molecule has 0 aliphatic heterocycles. The summed E-state index contributed by atoms with van der Waals surface area (Å²) in [5, 5.41) is 3.22. The molecule has 0 saturated carbocycles. The van der Waals surface area contributed by atoms with Crippen molar-refractivity contribution < 1.29 is 8.42 Å². The lowest BCUT2D eigenvalue weighted by molar-refractivity contribution is 0.486. The predicted molar refractivity (Wildman–Crippen MR) is 73.0 cm³/mol. The van der Waals surface area contributed by atoms with E-state index in [4.69, 9.17) is 0 Å². The van der Waals surface area contributed by atoms with Crippen molar-refractivity contribution in [3.05, 3.63) is 18.0 Å². The number of sulfonamides is 1. The Morgan fingerprint density at radius 1 is 1.33 bits per heavy atom. The first-order chi connectivity index (χ1) is 8.47. The van der Waals surface area contributed by atoms with Crippen LogP contribution >= 0.6 is 0 Å². The van der Waals surface area contributed by atoms with Gasteiger partial charge in [0.2, 0.25) is 10.0 Å². The zero-order chi connectivity index (χ0) is 13.8. The third-order valence-corrected chi connectivity index (χ3v) is 4.91. The molecule has 1 aromatic heterocycles. The normalized spacial score (nSPS) is 12.3. The zero-order valence-electron chi connectivity index (χ0n) is 11.6. The molecule has 0 bridgehead atoms. The second-order valence-corrected chi connectivity index (χ2v) is 6.20. The Morgan fingerprint density at radius 2 is 2.00 bits per heavy atom. The largest absolute Gasteiger partial charge is 0.349 e. The molecular formula is C12H23N3O2S. The van der Waals surface area contributed by atoms with Crippen LogP contribution < -0.4 is 5.32 Å². The van der Waals surface area contributed by atoms with Gasteiger partial charge in [0.15, 0.2) is 0 Å². The van der Waals surface area contributed by atoms with Crippen LogP contribution in [0.2, 0.25) is 0 Å². The van der Waals surface area contributed by atoms with E-state index in [0.29, 0.717) is 18.0 Å². The standard InChI is InChI=1S/C12H23N3O2S/c1-5-13-9-11-8-12(10-15(11)7-3)18(16,17)14(4)6-2/h8,10,13H,5-7,9H2,1-4H3. The zero-order valence-corrected chi connectivity index (χ0v) is 12.4. The highest BCUT2D eigenvalue weighted by Crippen LogP contribution is 2.18. The molecule has 0 radical (unpaired) electrons. The van der Waals surface area contributed by atoms with Crippen LogP contribution in [0.15, 0.2) is 17.2 Å². The van der Waals surface area contributed by atoms with Crippen LogP contribution in [0.4, 0.5) is 0 Å². The van der Waals surface area contributed by atoms with Crippen LogP contribution in [0, 0.1) is 0 Å². The summed E-state index contributed by atoms with van der Waals surface area (Å²) >= 11 is 0. The fraction of sp³-hybridized carbons (Fsp3) is 0.667. The van der Waals surface area contributed by atoms with Crippen molar-refractivity contribution in [2.24, 2.45) is 0 Å². The van der Waals surface area contributed by atoms with Crippen molar-refractivity contribution in [1.29, 1.82) is 0 Å². The Kier molecular flexibility index (Phi) is 5.37. The summed E-state index contributed by atoms with van der Waals surface area (Å²) in [7, 11) is -1.74. The lowest BCUT2D eigenvalue weighted by Gasteiger charge is -2.12. The Morgan fingerprint density at radius 3 is 2.50 bits per heavy atom. The Balaban J connectivity index is 3.08. The van der Waals surface area contributed by atoms with Gasteiger partial charge in [-0.3, -0.25) is 0 Å². The molecule has 1 heterocycles. The van der Waals surface area contributed by atoms with Crippen LogP contribution in [0.3, 0.4) is 0 Å². The van der Waals surface area contributed by atoms with Gasteiger partial charge in [-0.2, -0.15) is 0 Å². The molecule has 0 spiro atoms. The summed E-state index contributed by atoms with van der Waals surface area (Å²) in [6, 6.07) is 1.76. The summed E-state index contributed by atoms with van der Waals surface area (Å²) in [4.78, 5) is 0.376. The number of rotatable bonds is 7. The topological polar surface area (TPSA) is 54.3 Å². The maximum absolute atomic E-state index is 12.2. The minimum absolute atomic E-state index is 0.376.